The van der Waals surface area contributed by atoms with Crippen LogP contribution in [0.1, 0.15) is 17.3 Å². The van der Waals surface area contributed by atoms with Crippen molar-refractivity contribution in [2.45, 2.75) is 20.4 Å². The second kappa shape index (κ2) is 6.10. The van der Waals surface area contributed by atoms with Crippen LogP contribution in [0, 0.1) is 13.8 Å². The summed E-state index contributed by atoms with van der Waals surface area (Å²) in [5.41, 5.74) is 5.93. The summed E-state index contributed by atoms with van der Waals surface area (Å²) in [6, 6.07) is 0. The molecule has 1 rings (SSSR count). The van der Waals surface area contributed by atoms with Gasteiger partial charge in [0.25, 0.3) is 0 Å². The van der Waals surface area contributed by atoms with E-state index in [0.29, 0.717) is 11.7 Å². The molecule has 0 saturated heterocycles. The second-order valence-electron chi connectivity index (χ2n) is 3.58. The van der Waals surface area contributed by atoms with Gasteiger partial charge in [-0.2, -0.15) is 0 Å². The van der Waals surface area contributed by atoms with Crippen LogP contribution in [0.3, 0.4) is 0 Å². The van der Waals surface area contributed by atoms with Gasteiger partial charge in [0.2, 0.25) is 5.89 Å². The molecule has 98 valence electrons. The number of nitrogens with one attached hydrogen (secondary N) is 2. The minimum atomic E-state index is -0.803. The summed E-state index contributed by atoms with van der Waals surface area (Å²) < 4.78 is 5.24. The van der Waals surface area contributed by atoms with Crippen LogP contribution in [0.2, 0.25) is 0 Å². The van der Waals surface area contributed by atoms with Crippen molar-refractivity contribution in [3.8, 4) is 0 Å². The van der Waals surface area contributed by atoms with Crippen LogP contribution in [0.4, 0.5) is 0 Å². The highest BCUT2D eigenvalue weighted by Gasteiger charge is 2.14. The topological polar surface area (TPSA) is 110 Å². The van der Waals surface area contributed by atoms with Crippen molar-refractivity contribution in [1.29, 1.82) is 0 Å². The highest BCUT2D eigenvalue weighted by molar-refractivity contribution is 7.80. The Balaban J connectivity index is 2.41. The van der Waals surface area contributed by atoms with E-state index in [4.69, 9.17) is 10.2 Å². The molecule has 0 aliphatic heterocycles. The van der Waals surface area contributed by atoms with Gasteiger partial charge in [0, 0.05) is 0 Å². The summed E-state index contributed by atoms with van der Waals surface area (Å²) in [4.78, 5) is 26.8. The lowest BCUT2D eigenvalue weighted by Crippen LogP contribution is -2.42. The SMILES string of the molecule is Cc1nc(CNC(=O)C(=O)NCC(N)=S)oc1C. The van der Waals surface area contributed by atoms with Crippen molar-refractivity contribution < 1.29 is 14.0 Å². The lowest BCUT2D eigenvalue weighted by atomic mass is 10.4. The van der Waals surface area contributed by atoms with Crippen molar-refractivity contribution >= 4 is 29.0 Å². The summed E-state index contributed by atoms with van der Waals surface area (Å²) in [7, 11) is 0. The number of thiocarbonyl (C=S) groups is 1. The zero-order chi connectivity index (χ0) is 13.7. The normalized spacial score (nSPS) is 9.89. The summed E-state index contributed by atoms with van der Waals surface area (Å²) in [6.07, 6.45) is 0. The molecule has 0 aromatic carbocycles. The number of nitrogens with zero attached hydrogens (tertiary/aromatic N) is 1. The van der Waals surface area contributed by atoms with E-state index in [2.05, 4.69) is 27.8 Å². The van der Waals surface area contributed by atoms with Crippen LogP contribution >= 0.6 is 12.2 Å². The molecule has 0 fully saturated rings. The molecule has 0 aliphatic carbocycles. The van der Waals surface area contributed by atoms with Gasteiger partial charge in [-0.15, -0.1) is 0 Å². The van der Waals surface area contributed by atoms with Gasteiger partial charge in [0.15, 0.2) is 0 Å². The van der Waals surface area contributed by atoms with Crippen LogP contribution in [0.5, 0.6) is 0 Å². The van der Waals surface area contributed by atoms with Crippen molar-refractivity contribution in [2.75, 3.05) is 6.54 Å². The van der Waals surface area contributed by atoms with E-state index in [0.717, 1.165) is 5.69 Å². The number of aryl methyl sites for hydroxylation is 2. The number of amides is 2. The Morgan fingerprint density at radius 1 is 1.33 bits per heavy atom. The molecule has 1 aromatic rings. The van der Waals surface area contributed by atoms with Crippen LogP contribution in [-0.4, -0.2) is 28.3 Å². The largest absolute Gasteiger partial charge is 0.444 e. The fourth-order valence-corrected chi connectivity index (χ4v) is 1.17. The molecule has 8 heteroatoms. The van der Waals surface area contributed by atoms with Crippen LogP contribution in [-0.2, 0) is 16.1 Å². The average Bonchev–Trinajstić information content (AvgIpc) is 2.62. The maximum atomic E-state index is 11.3. The maximum Gasteiger partial charge on any atom is 0.309 e. The molecule has 0 unspecified atom stereocenters. The molecule has 0 aliphatic rings. The molecule has 2 amide bonds. The maximum absolute atomic E-state index is 11.3. The second-order valence-corrected chi connectivity index (χ2v) is 4.11. The van der Waals surface area contributed by atoms with Crippen LogP contribution in [0.25, 0.3) is 0 Å². The van der Waals surface area contributed by atoms with Gasteiger partial charge in [-0.05, 0) is 13.8 Å². The number of carbonyl (C=O) groups is 2. The molecular formula is C10H14N4O3S. The lowest BCUT2D eigenvalue weighted by molar-refractivity contribution is -0.139. The quantitative estimate of drug-likeness (QED) is 0.493. The predicted octanol–water partition coefficient (Wildman–Crippen LogP) is -0.690. The summed E-state index contributed by atoms with van der Waals surface area (Å²) in [5, 5.41) is 4.64. The molecule has 0 atom stereocenters. The zero-order valence-electron chi connectivity index (χ0n) is 10.1. The number of rotatable bonds is 4. The number of nitrogens with two attached hydrogens (primary N) is 1. The third-order valence-electron chi connectivity index (χ3n) is 2.10. The van der Waals surface area contributed by atoms with Crippen molar-refractivity contribution in [3.05, 3.63) is 17.3 Å². The highest BCUT2D eigenvalue weighted by atomic mass is 32.1. The molecule has 1 aromatic heterocycles. The molecule has 18 heavy (non-hydrogen) atoms. The summed E-state index contributed by atoms with van der Waals surface area (Å²) in [6.45, 7) is 3.59. The van der Waals surface area contributed by atoms with Crippen LogP contribution < -0.4 is 16.4 Å². The first kappa shape index (κ1) is 14.1. The Labute approximate surface area is 109 Å². The summed E-state index contributed by atoms with van der Waals surface area (Å²) >= 11 is 4.57. The number of aromatic nitrogens is 1. The minimum absolute atomic E-state index is 0.0151. The van der Waals surface area contributed by atoms with Gasteiger partial charge in [-0.25, -0.2) is 4.98 Å². The zero-order valence-corrected chi connectivity index (χ0v) is 10.9. The smallest absolute Gasteiger partial charge is 0.309 e. The Morgan fingerprint density at radius 2 is 1.94 bits per heavy atom. The average molecular weight is 270 g/mol. The standard InChI is InChI=1S/C10H14N4O3S/c1-5-6(2)17-8(14-5)4-13-10(16)9(15)12-3-7(11)18/h3-4H2,1-2H3,(H2,11,18)(H,12,15)(H,13,16). The molecule has 0 saturated carbocycles. The van der Waals surface area contributed by atoms with E-state index < -0.39 is 11.8 Å². The Kier molecular flexibility index (Phi) is 4.78. The van der Waals surface area contributed by atoms with E-state index in [-0.39, 0.29) is 18.1 Å². The number of oxazole rings is 1. The Morgan fingerprint density at radius 3 is 2.44 bits per heavy atom. The van der Waals surface area contributed by atoms with Crippen LogP contribution in [0.15, 0.2) is 4.42 Å². The van der Waals surface area contributed by atoms with Gasteiger partial charge >= 0.3 is 11.8 Å². The van der Waals surface area contributed by atoms with Crippen molar-refractivity contribution in [2.24, 2.45) is 5.73 Å². The number of hydrogen-bond donors (Lipinski definition) is 3. The van der Waals surface area contributed by atoms with E-state index in [1.54, 1.807) is 13.8 Å². The van der Waals surface area contributed by atoms with E-state index >= 15 is 0 Å². The highest BCUT2D eigenvalue weighted by Crippen LogP contribution is 2.07. The molecule has 7 nitrogen and oxygen atoms in total. The van der Waals surface area contributed by atoms with E-state index in [1.807, 2.05) is 0 Å². The fraction of sp³-hybridized carbons (Fsp3) is 0.400. The van der Waals surface area contributed by atoms with E-state index in [9.17, 15) is 9.59 Å². The third kappa shape index (κ3) is 4.13. The monoisotopic (exact) mass is 270 g/mol. The van der Waals surface area contributed by atoms with Crippen molar-refractivity contribution in [1.82, 2.24) is 15.6 Å². The Bertz CT molecular complexity index is 464. The molecular weight excluding hydrogens is 256 g/mol. The van der Waals surface area contributed by atoms with Crippen molar-refractivity contribution in [3.63, 3.8) is 0 Å². The number of carbonyl (C=O) groups excluding carboxylic acids is 2. The molecule has 0 radical (unpaired) electrons. The first-order chi connectivity index (χ1) is 8.40. The first-order valence-corrected chi connectivity index (χ1v) is 5.58. The van der Waals surface area contributed by atoms with Gasteiger partial charge in [-0.1, -0.05) is 12.2 Å². The van der Waals surface area contributed by atoms with Gasteiger partial charge < -0.3 is 20.8 Å². The third-order valence-corrected chi connectivity index (χ3v) is 2.25. The number of hydrogen-bond acceptors (Lipinski definition) is 5. The predicted molar refractivity (Wildman–Crippen MR) is 67.6 cm³/mol. The van der Waals surface area contributed by atoms with E-state index in [1.165, 1.54) is 0 Å². The minimum Gasteiger partial charge on any atom is -0.444 e. The van der Waals surface area contributed by atoms with Gasteiger partial charge in [-0.3, -0.25) is 9.59 Å². The first-order valence-electron chi connectivity index (χ1n) is 5.17. The van der Waals surface area contributed by atoms with Gasteiger partial charge in [0.1, 0.15) is 5.76 Å². The Hall–Kier alpha value is -1.96. The van der Waals surface area contributed by atoms with Gasteiger partial charge in [0.05, 0.1) is 23.8 Å². The lowest BCUT2D eigenvalue weighted by Gasteiger charge is -2.03. The summed E-state index contributed by atoms with van der Waals surface area (Å²) in [5.74, 6) is -0.569. The molecule has 1 heterocycles. The fourth-order valence-electron chi connectivity index (χ4n) is 1.10. The molecule has 0 spiro atoms. The molecule has 4 N–H and O–H groups in total. The molecule has 0 bridgehead atoms.